The van der Waals surface area contributed by atoms with E-state index in [1.165, 1.54) is 11.9 Å². The smallest absolute Gasteiger partial charge is 0.165 e. The molecule has 0 aromatic carbocycles. The van der Waals surface area contributed by atoms with E-state index in [0.717, 1.165) is 36.6 Å². The normalized spacial score (nSPS) is 17.7. The maximum Gasteiger partial charge on any atom is 0.165 e. The van der Waals surface area contributed by atoms with Crippen LogP contribution in [0.4, 0.5) is 5.82 Å². The van der Waals surface area contributed by atoms with Crippen LogP contribution in [-0.2, 0) is 0 Å². The van der Waals surface area contributed by atoms with Gasteiger partial charge >= 0.3 is 0 Å². The number of aromatic amines is 1. The summed E-state index contributed by atoms with van der Waals surface area (Å²) in [6, 6.07) is -0.265. The summed E-state index contributed by atoms with van der Waals surface area (Å²) < 4.78 is 1.71. The highest BCUT2D eigenvalue weighted by atomic mass is 16.3. The lowest BCUT2D eigenvalue weighted by Crippen LogP contribution is -2.25. The highest BCUT2D eigenvalue weighted by Crippen LogP contribution is 2.39. The summed E-state index contributed by atoms with van der Waals surface area (Å²) in [5.74, 6) is 0.783. The number of rotatable bonds is 5. The molecule has 0 bridgehead atoms. The first-order chi connectivity index (χ1) is 12.7. The van der Waals surface area contributed by atoms with Crippen molar-refractivity contribution in [3.8, 4) is 0 Å². The molecule has 4 heterocycles. The van der Waals surface area contributed by atoms with Crippen LogP contribution in [0.2, 0.25) is 0 Å². The number of anilines is 1. The predicted molar refractivity (Wildman–Crippen MR) is 95.9 cm³/mol. The molecule has 9 nitrogen and oxygen atoms in total. The third-order valence-corrected chi connectivity index (χ3v) is 5.20. The summed E-state index contributed by atoms with van der Waals surface area (Å²) >= 11 is 0. The van der Waals surface area contributed by atoms with E-state index in [4.69, 9.17) is 0 Å². The summed E-state index contributed by atoms with van der Waals surface area (Å²) in [6.45, 7) is 4.59. The fourth-order valence-electron chi connectivity index (χ4n) is 3.92. The van der Waals surface area contributed by atoms with E-state index in [0.29, 0.717) is 11.2 Å². The van der Waals surface area contributed by atoms with Crippen molar-refractivity contribution in [1.82, 2.24) is 29.7 Å². The van der Waals surface area contributed by atoms with Crippen molar-refractivity contribution < 1.29 is 10.2 Å². The van der Waals surface area contributed by atoms with Gasteiger partial charge in [-0.3, -0.25) is 5.10 Å². The monoisotopic (exact) mass is 357 g/mol. The zero-order valence-electron chi connectivity index (χ0n) is 14.9. The van der Waals surface area contributed by atoms with E-state index in [2.05, 4.69) is 30.0 Å². The van der Waals surface area contributed by atoms with Gasteiger partial charge in [0.25, 0.3) is 0 Å². The second-order valence-electron chi connectivity index (χ2n) is 6.74. The van der Waals surface area contributed by atoms with Crippen molar-refractivity contribution in [3.63, 3.8) is 0 Å². The molecule has 0 amide bonds. The van der Waals surface area contributed by atoms with Crippen molar-refractivity contribution >= 4 is 17.0 Å². The summed E-state index contributed by atoms with van der Waals surface area (Å²) in [5.41, 5.74) is 4.61. The van der Waals surface area contributed by atoms with Crippen molar-refractivity contribution in [2.45, 2.75) is 38.8 Å². The van der Waals surface area contributed by atoms with Crippen molar-refractivity contribution in [2.75, 3.05) is 24.7 Å². The highest BCUT2D eigenvalue weighted by molar-refractivity contribution is 5.84. The molecule has 4 rings (SSSR count). The fraction of sp³-hybridized carbons (Fsp3) is 0.529. The van der Waals surface area contributed by atoms with Gasteiger partial charge in [0.05, 0.1) is 37.3 Å². The Hall–Kier alpha value is -2.52. The molecule has 0 aliphatic carbocycles. The lowest BCUT2D eigenvalue weighted by Gasteiger charge is -2.26. The number of aliphatic hydroxyl groups excluding tert-OH is 2. The largest absolute Gasteiger partial charge is 0.394 e. The predicted octanol–water partition coefficient (Wildman–Crippen LogP) is 1.03. The van der Waals surface area contributed by atoms with Gasteiger partial charge in [0, 0.05) is 17.8 Å². The maximum absolute atomic E-state index is 9.49. The van der Waals surface area contributed by atoms with E-state index >= 15 is 0 Å². The third kappa shape index (κ3) is 2.55. The number of nitrogens with zero attached hydrogens (tertiary/aromatic N) is 6. The van der Waals surface area contributed by atoms with Gasteiger partial charge in [-0.1, -0.05) is 0 Å². The number of aromatic nitrogens is 6. The Morgan fingerprint density at radius 3 is 2.73 bits per heavy atom. The van der Waals surface area contributed by atoms with Crippen molar-refractivity contribution in [1.29, 1.82) is 0 Å². The van der Waals surface area contributed by atoms with Gasteiger partial charge in [-0.25, -0.2) is 15.0 Å². The number of hydrogen-bond donors (Lipinski definition) is 3. The molecule has 0 saturated carbocycles. The van der Waals surface area contributed by atoms with Gasteiger partial charge in [0.1, 0.15) is 6.33 Å². The van der Waals surface area contributed by atoms with Crippen LogP contribution in [0.1, 0.15) is 41.9 Å². The van der Waals surface area contributed by atoms with E-state index in [1.807, 2.05) is 13.8 Å². The Bertz CT molecular complexity index is 896. The van der Waals surface area contributed by atoms with E-state index in [9.17, 15) is 10.2 Å². The van der Waals surface area contributed by atoms with Gasteiger partial charge in [0.2, 0.25) is 0 Å². The molecular formula is C17H23N7O2. The minimum Gasteiger partial charge on any atom is -0.394 e. The topological polar surface area (TPSA) is 116 Å². The first-order valence-electron chi connectivity index (χ1n) is 8.83. The average Bonchev–Trinajstić information content (AvgIpc) is 3.35. The number of imidazole rings is 1. The number of aliphatic hydroxyl groups is 2. The van der Waals surface area contributed by atoms with Crippen LogP contribution in [-0.4, -0.2) is 59.7 Å². The number of aryl methyl sites for hydroxylation is 2. The molecule has 1 aliphatic rings. The maximum atomic E-state index is 9.49. The molecule has 1 saturated heterocycles. The fourth-order valence-corrected chi connectivity index (χ4v) is 3.92. The molecule has 0 spiro atoms. The van der Waals surface area contributed by atoms with Crippen LogP contribution in [0.15, 0.2) is 12.7 Å². The lowest BCUT2D eigenvalue weighted by molar-refractivity contribution is 0.156. The van der Waals surface area contributed by atoms with Crippen LogP contribution in [0.3, 0.4) is 0 Å². The Kier molecular flexibility index (Phi) is 4.33. The molecule has 138 valence electrons. The molecule has 1 unspecified atom stereocenters. The zero-order valence-corrected chi connectivity index (χ0v) is 14.9. The Morgan fingerprint density at radius 2 is 2.04 bits per heavy atom. The van der Waals surface area contributed by atoms with Gasteiger partial charge in [-0.05, 0) is 26.7 Å². The average molecular weight is 357 g/mol. The minimum atomic E-state index is -0.463. The summed E-state index contributed by atoms with van der Waals surface area (Å²) in [5, 5.41) is 26.4. The molecule has 3 aromatic rings. The zero-order chi connectivity index (χ0) is 18.3. The molecule has 1 atom stereocenters. The number of hydrogen-bond acceptors (Lipinski definition) is 7. The summed E-state index contributed by atoms with van der Waals surface area (Å²) in [7, 11) is 0. The van der Waals surface area contributed by atoms with Crippen LogP contribution in [0.5, 0.6) is 0 Å². The summed E-state index contributed by atoms with van der Waals surface area (Å²) in [4.78, 5) is 15.6. The first kappa shape index (κ1) is 16.9. The van der Waals surface area contributed by atoms with Crippen LogP contribution in [0.25, 0.3) is 11.2 Å². The third-order valence-electron chi connectivity index (χ3n) is 5.20. The second-order valence-corrected chi connectivity index (χ2v) is 6.74. The molecule has 9 heteroatoms. The van der Waals surface area contributed by atoms with Gasteiger partial charge < -0.3 is 19.7 Å². The molecule has 1 aliphatic heterocycles. The summed E-state index contributed by atoms with van der Waals surface area (Å²) in [6.07, 6.45) is 5.23. The number of fused-ring (bicyclic) bond motifs is 1. The van der Waals surface area contributed by atoms with Crippen molar-refractivity contribution in [3.05, 3.63) is 29.6 Å². The Balaban J connectivity index is 1.79. The highest BCUT2D eigenvalue weighted by Gasteiger charge is 2.32. The molecule has 26 heavy (non-hydrogen) atoms. The molecule has 3 aromatic heterocycles. The van der Waals surface area contributed by atoms with Gasteiger partial charge in [-0.15, -0.1) is 0 Å². The van der Waals surface area contributed by atoms with Crippen LogP contribution < -0.4 is 4.90 Å². The lowest BCUT2D eigenvalue weighted by atomic mass is 10.0. The Labute approximate surface area is 150 Å². The number of nitrogens with one attached hydrogen (secondary N) is 1. The number of H-pyrrole nitrogens is 1. The second kappa shape index (κ2) is 6.65. The standard InChI is InChI=1S/C17H23N7O2/c1-10-14(11(2)22-21-10)13-4-3-5-23(13)16-15-17(19-8-18-16)24(9-20-15)12(6-25)7-26/h8-9,12-13,25-26H,3-7H2,1-2H3,(H,21,22). The van der Waals surface area contributed by atoms with E-state index < -0.39 is 6.04 Å². The quantitative estimate of drug-likeness (QED) is 0.624. The van der Waals surface area contributed by atoms with E-state index in [-0.39, 0.29) is 19.3 Å². The first-order valence-corrected chi connectivity index (χ1v) is 8.83. The molecular weight excluding hydrogens is 334 g/mol. The molecule has 1 fully saturated rings. The van der Waals surface area contributed by atoms with Crippen LogP contribution >= 0.6 is 0 Å². The van der Waals surface area contributed by atoms with E-state index in [1.54, 1.807) is 10.9 Å². The van der Waals surface area contributed by atoms with Crippen LogP contribution in [0, 0.1) is 13.8 Å². The van der Waals surface area contributed by atoms with Gasteiger partial charge in [0.15, 0.2) is 17.0 Å². The van der Waals surface area contributed by atoms with Gasteiger partial charge in [-0.2, -0.15) is 5.10 Å². The molecule has 3 N–H and O–H groups in total. The molecule has 0 radical (unpaired) electrons. The SMILES string of the molecule is Cc1n[nH]c(C)c1C1CCCN1c1ncnc2c1ncn2C(CO)CO. The van der Waals surface area contributed by atoms with Crippen molar-refractivity contribution in [2.24, 2.45) is 0 Å². The minimum absolute atomic E-state index is 0.180. The Morgan fingerprint density at radius 1 is 1.23 bits per heavy atom.